The van der Waals surface area contributed by atoms with E-state index in [-0.39, 0.29) is 12.3 Å². The van der Waals surface area contributed by atoms with Crippen molar-refractivity contribution in [2.45, 2.75) is 12.5 Å². The van der Waals surface area contributed by atoms with Crippen molar-refractivity contribution in [1.29, 1.82) is 0 Å². The van der Waals surface area contributed by atoms with Gasteiger partial charge in [-0.1, -0.05) is 12.1 Å². The lowest BCUT2D eigenvalue weighted by molar-refractivity contribution is -0.121. The normalized spacial score (nSPS) is 16.8. The molecule has 1 fully saturated rings. The van der Waals surface area contributed by atoms with Crippen LogP contribution in [0.3, 0.4) is 0 Å². The lowest BCUT2D eigenvalue weighted by Crippen LogP contribution is -2.42. The van der Waals surface area contributed by atoms with Crippen molar-refractivity contribution in [2.24, 2.45) is 0 Å². The van der Waals surface area contributed by atoms with E-state index in [9.17, 15) is 13.2 Å². The zero-order valence-corrected chi connectivity index (χ0v) is 16.0. The largest absolute Gasteiger partial charge is 0.497 e. The molecule has 0 radical (unpaired) electrons. The second-order valence-corrected chi connectivity index (χ2v) is 8.00. The molecule has 1 aromatic carbocycles. The van der Waals surface area contributed by atoms with Crippen LogP contribution >= 0.6 is 0 Å². The summed E-state index contributed by atoms with van der Waals surface area (Å²) in [5.74, 6) is 0.469. The zero-order chi connectivity index (χ0) is 19.0. The third kappa shape index (κ3) is 7.28. The fraction of sp³-hybridized carbons (Fsp3) is 0.588. The molecule has 1 aromatic rings. The maximum absolute atomic E-state index is 12.3. The molecule has 1 saturated heterocycles. The van der Waals surface area contributed by atoms with E-state index in [0.717, 1.165) is 25.9 Å². The Morgan fingerprint density at radius 3 is 2.50 bits per heavy atom. The Morgan fingerprint density at radius 1 is 1.27 bits per heavy atom. The highest BCUT2D eigenvalue weighted by Gasteiger charge is 2.20. The number of nitrogens with one attached hydrogen (secondary N) is 2. The van der Waals surface area contributed by atoms with Crippen LogP contribution in [-0.4, -0.2) is 72.0 Å². The predicted molar refractivity (Wildman–Crippen MR) is 98.6 cm³/mol. The fourth-order valence-electron chi connectivity index (χ4n) is 2.76. The molecular formula is C17H27N3O5S. The molecule has 0 bridgehead atoms. The van der Waals surface area contributed by atoms with Gasteiger partial charge in [0.2, 0.25) is 15.9 Å². The molecule has 26 heavy (non-hydrogen) atoms. The number of hydrogen-bond acceptors (Lipinski definition) is 6. The Morgan fingerprint density at radius 2 is 1.92 bits per heavy atom. The van der Waals surface area contributed by atoms with E-state index in [1.807, 2.05) is 0 Å². The van der Waals surface area contributed by atoms with Gasteiger partial charge in [0.25, 0.3) is 0 Å². The van der Waals surface area contributed by atoms with Gasteiger partial charge in [0, 0.05) is 32.6 Å². The molecule has 2 N–H and O–H groups in total. The number of carbonyl (C=O) groups excluding carboxylic acids is 1. The second kappa shape index (κ2) is 9.86. The number of sulfonamides is 1. The summed E-state index contributed by atoms with van der Waals surface area (Å²) in [6, 6.07) is 6.36. The quantitative estimate of drug-likeness (QED) is 0.627. The molecule has 1 heterocycles. The van der Waals surface area contributed by atoms with Crippen LogP contribution in [0.2, 0.25) is 0 Å². The third-order valence-electron chi connectivity index (χ3n) is 4.12. The SMILES string of the molecule is COc1ccc([C@H](CC(=O)NCCN2CCOCC2)NS(C)(=O)=O)cc1. The number of ether oxygens (including phenoxy) is 2. The Hall–Kier alpha value is -1.68. The van der Waals surface area contributed by atoms with Crippen LogP contribution in [0.4, 0.5) is 0 Å². The number of methoxy groups -OCH3 is 1. The minimum absolute atomic E-state index is 0.0303. The molecule has 1 aliphatic heterocycles. The van der Waals surface area contributed by atoms with Gasteiger partial charge in [-0.05, 0) is 17.7 Å². The second-order valence-electron chi connectivity index (χ2n) is 6.22. The first kappa shape index (κ1) is 20.6. The Balaban J connectivity index is 1.90. The number of nitrogens with zero attached hydrogens (tertiary/aromatic N) is 1. The first-order valence-electron chi connectivity index (χ1n) is 8.55. The average molecular weight is 385 g/mol. The molecule has 8 nitrogen and oxygen atoms in total. The van der Waals surface area contributed by atoms with Crippen LogP contribution < -0.4 is 14.8 Å². The van der Waals surface area contributed by atoms with E-state index in [1.54, 1.807) is 31.4 Å². The maximum atomic E-state index is 12.3. The highest BCUT2D eigenvalue weighted by Crippen LogP contribution is 2.21. The monoisotopic (exact) mass is 385 g/mol. The van der Waals surface area contributed by atoms with Crippen LogP contribution in [0.15, 0.2) is 24.3 Å². The summed E-state index contributed by atoms with van der Waals surface area (Å²) in [4.78, 5) is 14.5. The van der Waals surface area contributed by atoms with Crippen molar-refractivity contribution in [2.75, 3.05) is 52.8 Å². The molecule has 1 atom stereocenters. The van der Waals surface area contributed by atoms with Crippen molar-refractivity contribution in [3.63, 3.8) is 0 Å². The smallest absolute Gasteiger partial charge is 0.221 e. The summed E-state index contributed by atoms with van der Waals surface area (Å²) in [6.45, 7) is 4.42. The molecule has 1 amide bonds. The van der Waals surface area contributed by atoms with Gasteiger partial charge in [-0.15, -0.1) is 0 Å². The van der Waals surface area contributed by atoms with E-state index in [4.69, 9.17) is 9.47 Å². The van der Waals surface area contributed by atoms with E-state index in [1.165, 1.54) is 0 Å². The Labute approximate surface area is 154 Å². The number of carbonyl (C=O) groups is 1. The van der Waals surface area contributed by atoms with Crippen LogP contribution in [-0.2, 0) is 19.6 Å². The van der Waals surface area contributed by atoms with Gasteiger partial charge in [-0.2, -0.15) is 0 Å². The third-order valence-corrected chi connectivity index (χ3v) is 4.83. The van der Waals surface area contributed by atoms with Gasteiger partial charge in [0.15, 0.2) is 0 Å². The molecule has 0 aliphatic carbocycles. The molecule has 0 unspecified atom stereocenters. The van der Waals surface area contributed by atoms with Gasteiger partial charge in [0.1, 0.15) is 5.75 Å². The molecule has 0 saturated carbocycles. The summed E-state index contributed by atoms with van der Waals surface area (Å²) >= 11 is 0. The van der Waals surface area contributed by atoms with Crippen LogP contribution in [0.5, 0.6) is 5.75 Å². The van der Waals surface area contributed by atoms with Gasteiger partial charge < -0.3 is 14.8 Å². The lowest BCUT2D eigenvalue weighted by atomic mass is 10.0. The van der Waals surface area contributed by atoms with Crippen LogP contribution in [0, 0.1) is 0 Å². The van der Waals surface area contributed by atoms with Gasteiger partial charge in [0.05, 0.1) is 32.6 Å². The van der Waals surface area contributed by atoms with E-state index >= 15 is 0 Å². The molecule has 1 aliphatic rings. The minimum atomic E-state index is -3.45. The topological polar surface area (TPSA) is 97.0 Å². The summed E-state index contributed by atoms with van der Waals surface area (Å²) in [6.07, 6.45) is 1.11. The zero-order valence-electron chi connectivity index (χ0n) is 15.2. The lowest BCUT2D eigenvalue weighted by Gasteiger charge is -2.26. The van der Waals surface area contributed by atoms with E-state index < -0.39 is 16.1 Å². The van der Waals surface area contributed by atoms with Crippen molar-refractivity contribution in [3.8, 4) is 5.75 Å². The highest BCUT2D eigenvalue weighted by atomic mass is 32.2. The number of benzene rings is 1. The van der Waals surface area contributed by atoms with Gasteiger partial charge >= 0.3 is 0 Å². The van der Waals surface area contributed by atoms with Gasteiger partial charge in [-0.25, -0.2) is 13.1 Å². The van der Waals surface area contributed by atoms with E-state index in [0.29, 0.717) is 31.1 Å². The van der Waals surface area contributed by atoms with Crippen molar-refractivity contribution < 1.29 is 22.7 Å². The summed E-state index contributed by atoms with van der Waals surface area (Å²) < 4.78 is 36.2. The number of amides is 1. The molecule has 146 valence electrons. The Bertz CT molecular complexity index is 672. The number of morpholine rings is 1. The van der Waals surface area contributed by atoms with Gasteiger partial charge in [-0.3, -0.25) is 9.69 Å². The first-order chi connectivity index (χ1) is 12.4. The summed E-state index contributed by atoms with van der Waals surface area (Å²) in [7, 11) is -1.90. The first-order valence-corrected chi connectivity index (χ1v) is 10.4. The van der Waals surface area contributed by atoms with Crippen molar-refractivity contribution in [3.05, 3.63) is 29.8 Å². The fourth-order valence-corrected chi connectivity index (χ4v) is 3.49. The molecular weight excluding hydrogens is 358 g/mol. The Kier molecular flexibility index (Phi) is 7.83. The number of hydrogen-bond donors (Lipinski definition) is 2. The maximum Gasteiger partial charge on any atom is 0.221 e. The molecule has 9 heteroatoms. The minimum Gasteiger partial charge on any atom is -0.497 e. The molecule has 0 spiro atoms. The average Bonchev–Trinajstić information content (AvgIpc) is 2.61. The predicted octanol–water partition coefficient (Wildman–Crippen LogP) is 0.124. The van der Waals surface area contributed by atoms with Crippen LogP contribution in [0.1, 0.15) is 18.0 Å². The highest BCUT2D eigenvalue weighted by molar-refractivity contribution is 7.88. The van der Waals surface area contributed by atoms with Crippen LogP contribution in [0.25, 0.3) is 0 Å². The van der Waals surface area contributed by atoms with Crippen molar-refractivity contribution >= 4 is 15.9 Å². The summed E-state index contributed by atoms with van der Waals surface area (Å²) in [5, 5.41) is 2.86. The van der Waals surface area contributed by atoms with E-state index in [2.05, 4.69) is 14.9 Å². The molecule has 0 aromatic heterocycles. The molecule has 2 rings (SSSR count). The standard InChI is InChI=1S/C17H27N3O5S/c1-24-15-5-3-14(4-6-15)16(19-26(2,22)23)13-17(21)18-7-8-20-9-11-25-12-10-20/h3-6,16,19H,7-13H2,1-2H3,(H,18,21)/t16-/m0/s1. The van der Waals surface area contributed by atoms with Crippen molar-refractivity contribution in [1.82, 2.24) is 14.9 Å². The number of rotatable bonds is 9. The summed E-state index contributed by atoms with van der Waals surface area (Å²) in [5.41, 5.74) is 0.708.